The van der Waals surface area contributed by atoms with Gasteiger partial charge in [-0.05, 0) is 35.8 Å². The average Bonchev–Trinajstić information content (AvgIpc) is 2.38. The third-order valence-electron chi connectivity index (χ3n) is 2.50. The van der Waals surface area contributed by atoms with Crippen LogP contribution < -0.4 is 10.6 Å². The number of benzene rings is 1. The molecule has 0 saturated carbocycles. The van der Waals surface area contributed by atoms with Gasteiger partial charge in [0.05, 0.1) is 10.5 Å². The molecule has 2 N–H and O–H groups in total. The molecule has 0 aliphatic rings. The second-order valence-corrected chi connectivity index (χ2v) is 4.87. The molecule has 0 radical (unpaired) electrons. The van der Waals surface area contributed by atoms with Gasteiger partial charge in [0, 0.05) is 23.2 Å². The molecule has 0 saturated heterocycles. The van der Waals surface area contributed by atoms with E-state index >= 15 is 0 Å². The van der Waals surface area contributed by atoms with Crippen molar-refractivity contribution in [3.8, 4) is 0 Å². The van der Waals surface area contributed by atoms with Crippen LogP contribution in [0.15, 0.2) is 22.7 Å². The van der Waals surface area contributed by atoms with Gasteiger partial charge in [0.15, 0.2) is 0 Å². The van der Waals surface area contributed by atoms with Crippen LogP contribution in [0.1, 0.15) is 24.2 Å². The number of nitro groups is 1. The Morgan fingerprint density at radius 1 is 1.45 bits per heavy atom. The van der Waals surface area contributed by atoms with Gasteiger partial charge in [-0.25, -0.2) is 0 Å². The van der Waals surface area contributed by atoms with Gasteiger partial charge in [-0.15, -0.1) is 0 Å². The maximum atomic E-state index is 12.0. The van der Waals surface area contributed by atoms with E-state index < -0.39 is 16.9 Å². The molecule has 1 atom stereocenters. The summed E-state index contributed by atoms with van der Waals surface area (Å²) in [6.45, 7) is 3.76. The van der Waals surface area contributed by atoms with E-state index in [0.29, 0.717) is 11.0 Å². The lowest BCUT2D eigenvalue weighted by atomic mass is 10.1. The highest BCUT2D eigenvalue weighted by atomic mass is 79.9. The average molecular weight is 344 g/mol. The van der Waals surface area contributed by atoms with Crippen LogP contribution in [0, 0.1) is 10.1 Å². The number of likely N-dealkylation sites (N-methyl/N-ethyl adjacent to an activating group) is 1. The van der Waals surface area contributed by atoms with Crippen LogP contribution in [0.5, 0.6) is 0 Å². The van der Waals surface area contributed by atoms with E-state index in [1.165, 1.54) is 19.1 Å². The lowest BCUT2D eigenvalue weighted by Crippen LogP contribution is -2.44. The summed E-state index contributed by atoms with van der Waals surface area (Å²) in [7, 11) is 0. The van der Waals surface area contributed by atoms with E-state index in [-0.39, 0.29) is 17.2 Å². The van der Waals surface area contributed by atoms with Crippen molar-refractivity contribution >= 4 is 33.4 Å². The molecule has 8 heteroatoms. The number of carbonyl (C=O) groups excluding carboxylic acids is 2. The number of amides is 2. The number of rotatable bonds is 5. The minimum Gasteiger partial charge on any atom is -0.355 e. The molecule has 0 bridgehead atoms. The highest BCUT2D eigenvalue weighted by Crippen LogP contribution is 2.22. The largest absolute Gasteiger partial charge is 0.355 e. The van der Waals surface area contributed by atoms with Crippen LogP contribution in [0.4, 0.5) is 5.69 Å². The Morgan fingerprint density at radius 3 is 2.65 bits per heavy atom. The van der Waals surface area contributed by atoms with Gasteiger partial charge in [-0.3, -0.25) is 19.7 Å². The minimum absolute atomic E-state index is 0.107. The smallest absolute Gasteiger partial charge is 0.270 e. The van der Waals surface area contributed by atoms with Crippen molar-refractivity contribution in [1.82, 2.24) is 10.6 Å². The van der Waals surface area contributed by atoms with Crippen molar-refractivity contribution in [3.63, 3.8) is 0 Å². The maximum Gasteiger partial charge on any atom is 0.270 e. The SMILES string of the molecule is CCNC(=O)C(C)NC(=O)c1cc([N+](=O)[O-])ccc1Br. The fourth-order valence-corrected chi connectivity index (χ4v) is 1.89. The number of hydrogen-bond donors (Lipinski definition) is 2. The normalized spacial score (nSPS) is 11.6. The number of halogens is 1. The quantitative estimate of drug-likeness (QED) is 0.626. The summed E-state index contributed by atoms with van der Waals surface area (Å²) in [5, 5.41) is 15.8. The molecular weight excluding hydrogens is 330 g/mol. The zero-order valence-electron chi connectivity index (χ0n) is 11.0. The first-order valence-electron chi connectivity index (χ1n) is 5.89. The van der Waals surface area contributed by atoms with Crippen molar-refractivity contribution in [1.29, 1.82) is 0 Å². The molecular formula is C12H14BrN3O4. The number of nitrogens with zero attached hydrogens (tertiary/aromatic N) is 1. The summed E-state index contributed by atoms with van der Waals surface area (Å²) in [6, 6.07) is 3.13. The van der Waals surface area contributed by atoms with Gasteiger partial charge < -0.3 is 10.6 Å². The van der Waals surface area contributed by atoms with Crippen molar-refractivity contribution < 1.29 is 14.5 Å². The van der Waals surface area contributed by atoms with E-state index in [9.17, 15) is 19.7 Å². The van der Waals surface area contributed by atoms with Gasteiger partial charge in [0.25, 0.3) is 11.6 Å². The number of nitrogens with one attached hydrogen (secondary N) is 2. The van der Waals surface area contributed by atoms with Crippen LogP contribution in [0.2, 0.25) is 0 Å². The summed E-state index contributed by atoms with van der Waals surface area (Å²) in [4.78, 5) is 33.7. The van der Waals surface area contributed by atoms with Crippen molar-refractivity contribution in [3.05, 3.63) is 38.3 Å². The number of hydrogen-bond acceptors (Lipinski definition) is 4. The van der Waals surface area contributed by atoms with Crippen LogP contribution >= 0.6 is 15.9 Å². The Labute approximate surface area is 124 Å². The molecule has 0 fully saturated rings. The van der Waals surface area contributed by atoms with Crippen LogP contribution in [-0.2, 0) is 4.79 Å². The van der Waals surface area contributed by atoms with Crippen molar-refractivity contribution in [2.24, 2.45) is 0 Å². The lowest BCUT2D eigenvalue weighted by Gasteiger charge is -2.13. The summed E-state index contributed by atoms with van der Waals surface area (Å²) >= 11 is 3.15. The molecule has 0 spiro atoms. The highest BCUT2D eigenvalue weighted by Gasteiger charge is 2.19. The minimum atomic E-state index is -0.728. The van der Waals surface area contributed by atoms with Gasteiger partial charge in [-0.2, -0.15) is 0 Å². The van der Waals surface area contributed by atoms with Gasteiger partial charge in [0.2, 0.25) is 5.91 Å². The number of nitro benzene ring substituents is 1. The monoisotopic (exact) mass is 343 g/mol. The molecule has 7 nitrogen and oxygen atoms in total. The Bertz CT molecular complexity index is 548. The van der Waals surface area contributed by atoms with E-state index in [1.807, 2.05) is 0 Å². The van der Waals surface area contributed by atoms with Crippen molar-refractivity contribution in [2.75, 3.05) is 6.54 Å². The van der Waals surface area contributed by atoms with E-state index in [4.69, 9.17) is 0 Å². The molecule has 1 aromatic rings. The Balaban J connectivity index is 2.89. The maximum absolute atomic E-state index is 12.0. The van der Waals surface area contributed by atoms with E-state index in [0.717, 1.165) is 6.07 Å². The summed E-state index contributed by atoms with van der Waals surface area (Å²) in [6.07, 6.45) is 0. The van der Waals surface area contributed by atoms with Crippen LogP contribution in [0.25, 0.3) is 0 Å². The van der Waals surface area contributed by atoms with Crippen LogP contribution in [-0.4, -0.2) is 29.3 Å². The standard InChI is InChI=1S/C12H14BrN3O4/c1-3-14-11(17)7(2)15-12(18)9-6-8(16(19)20)4-5-10(9)13/h4-7H,3H2,1-2H3,(H,14,17)(H,15,18). The molecule has 0 aliphatic heterocycles. The second kappa shape index (κ2) is 6.99. The van der Waals surface area contributed by atoms with Gasteiger partial charge >= 0.3 is 0 Å². The molecule has 108 valence electrons. The fourth-order valence-electron chi connectivity index (χ4n) is 1.47. The molecule has 0 aromatic heterocycles. The Hall–Kier alpha value is -1.96. The van der Waals surface area contributed by atoms with E-state index in [2.05, 4.69) is 26.6 Å². The zero-order valence-corrected chi connectivity index (χ0v) is 12.6. The fraction of sp³-hybridized carbons (Fsp3) is 0.333. The molecule has 0 heterocycles. The first-order chi connectivity index (χ1) is 9.36. The Kier molecular flexibility index (Phi) is 5.63. The molecule has 1 rings (SSSR count). The highest BCUT2D eigenvalue weighted by molar-refractivity contribution is 9.10. The second-order valence-electron chi connectivity index (χ2n) is 4.01. The topological polar surface area (TPSA) is 101 Å². The third-order valence-corrected chi connectivity index (χ3v) is 3.19. The predicted octanol–water partition coefficient (Wildman–Crippen LogP) is 1.61. The first-order valence-corrected chi connectivity index (χ1v) is 6.68. The van der Waals surface area contributed by atoms with Gasteiger partial charge in [0.1, 0.15) is 6.04 Å². The van der Waals surface area contributed by atoms with Crippen LogP contribution in [0.3, 0.4) is 0 Å². The molecule has 1 unspecified atom stereocenters. The van der Waals surface area contributed by atoms with Crippen molar-refractivity contribution in [2.45, 2.75) is 19.9 Å². The molecule has 20 heavy (non-hydrogen) atoms. The zero-order chi connectivity index (χ0) is 15.3. The summed E-state index contributed by atoms with van der Waals surface area (Å²) in [5.74, 6) is -0.873. The number of carbonyl (C=O) groups is 2. The predicted molar refractivity (Wildman–Crippen MR) is 76.4 cm³/mol. The lowest BCUT2D eigenvalue weighted by molar-refractivity contribution is -0.384. The molecule has 1 aromatic carbocycles. The summed E-state index contributed by atoms with van der Waals surface area (Å²) < 4.78 is 0.420. The first kappa shape index (κ1) is 16.1. The summed E-state index contributed by atoms with van der Waals surface area (Å²) in [5.41, 5.74) is -0.0839. The number of non-ortho nitro benzene ring substituents is 1. The van der Waals surface area contributed by atoms with E-state index in [1.54, 1.807) is 6.92 Å². The third kappa shape index (κ3) is 4.02. The molecule has 0 aliphatic carbocycles. The Morgan fingerprint density at radius 2 is 2.10 bits per heavy atom. The van der Waals surface area contributed by atoms with Gasteiger partial charge in [-0.1, -0.05) is 0 Å². The molecule has 2 amide bonds.